The van der Waals surface area contributed by atoms with E-state index in [1.54, 1.807) is 0 Å². The molecule has 0 radical (unpaired) electrons. The first-order chi connectivity index (χ1) is 9.20. The monoisotopic (exact) mass is 321 g/mol. The third kappa shape index (κ3) is 2.27. The number of halogens is 1. The molecule has 0 bridgehead atoms. The molecule has 1 aliphatic rings. The van der Waals surface area contributed by atoms with Crippen LogP contribution in [0.3, 0.4) is 0 Å². The van der Waals surface area contributed by atoms with Crippen LogP contribution < -0.4 is 4.90 Å². The Morgan fingerprint density at radius 2 is 2.26 bits per heavy atom. The van der Waals surface area contributed by atoms with E-state index in [1.165, 1.54) is 12.1 Å². The fraction of sp³-hybridized carbons (Fsp3) is 0.533. The molecule has 0 amide bonds. The number of anilines is 1. The molecular weight excluding hydrogens is 302 g/mol. The lowest BCUT2D eigenvalue weighted by Gasteiger charge is -2.18. The Morgan fingerprint density at radius 1 is 1.42 bits per heavy atom. The van der Waals surface area contributed by atoms with Gasteiger partial charge in [-0.05, 0) is 30.4 Å². The molecule has 0 aliphatic carbocycles. The molecule has 0 saturated carbocycles. The van der Waals surface area contributed by atoms with E-state index in [1.807, 2.05) is 6.07 Å². The Labute approximate surface area is 122 Å². The van der Waals surface area contributed by atoms with Crippen LogP contribution >= 0.6 is 15.9 Å². The number of fused-ring (bicyclic) bond motifs is 1. The summed E-state index contributed by atoms with van der Waals surface area (Å²) in [5.41, 5.74) is 2.31. The molecule has 0 aromatic carbocycles. The van der Waals surface area contributed by atoms with Crippen LogP contribution in [0.5, 0.6) is 0 Å². The number of nitrogens with zero attached hydrogens (tertiary/aromatic N) is 3. The van der Waals surface area contributed by atoms with Gasteiger partial charge in [-0.15, -0.1) is 0 Å². The van der Waals surface area contributed by atoms with Crippen LogP contribution in [0.15, 0.2) is 24.4 Å². The molecule has 1 unspecified atom stereocenters. The molecule has 1 aliphatic heterocycles. The molecule has 2 aromatic heterocycles. The Kier molecular flexibility index (Phi) is 3.52. The molecule has 102 valence electrons. The summed E-state index contributed by atoms with van der Waals surface area (Å²) in [5.74, 6) is 2.72. The summed E-state index contributed by atoms with van der Waals surface area (Å²) >= 11 is 3.61. The molecule has 0 spiro atoms. The van der Waals surface area contributed by atoms with E-state index in [-0.39, 0.29) is 0 Å². The zero-order chi connectivity index (χ0) is 13.4. The lowest BCUT2D eigenvalue weighted by molar-refractivity contribution is 0.422. The molecule has 4 heteroatoms. The van der Waals surface area contributed by atoms with Crippen LogP contribution in [-0.2, 0) is 5.33 Å². The molecule has 1 fully saturated rings. The summed E-state index contributed by atoms with van der Waals surface area (Å²) in [5, 5.41) is 0.844. The van der Waals surface area contributed by atoms with Crippen molar-refractivity contribution in [3.8, 4) is 0 Å². The fourth-order valence-electron chi connectivity index (χ4n) is 2.94. The highest BCUT2D eigenvalue weighted by molar-refractivity contribution is 9.08. The van der Waals surface area contributed by atoms with E-state index < -0.39 is 0 Å². The largest absolute Gasteiger partial charge is 0.355 e. The highest BCUT2D eigenvalue weighted by atomic mass is 79.9. The number of aromatic nitrogens is 2. The van der Waals surface area contributed by atoms with Gasteiger partial charge in [0.15, 0.2) is 5.82 Å². The van der Waals surface area contributed by atoms with Crippen molar-refractivity contribution in [1.82, 2.24) is 9.38 Å². The second-order valence-electron chi connectivity index (χ2n) is 5.68. The normalized spacial score (nSPS) is 19.8. The van der Waals surface area contributed by atoms with Crippen LogP contribution in [0.1, 0.15) is 26.0 Å². The van der Waals surface area contributed by atoms with Gasteiger partial charge >= 0.3 is 0 Å². The Bertz CT molecular complexity index is 576. The van der Waals surface area contributed by atoms with E-state index in [4.69, 9.17) is 4.98 Å². The average Bonchev–Trinajstić information content (AvgIpc) is 3.02. The number of hydrogen-bond donors (Lipinski definition) is 0. The summed E-state index contributed by atoms with van der Waals surface area (Å²) in [6.07, 6.45) is 3.38. The maximum absolute atomic E-state index is 4.82. The van der Waals surface area contributed by atoms with E-state index in [2.05, 4.69) is 57.4 Å². The lowest BCUT2D eigenvalue weighted by atomic mass is 9.95. The third-order valence-corrected chi connectivity index (χ3v) is 4.73. The predicted octanol–water partition coefficient (Wildman–Crippen LogP) is 3.71. The van der Waals surface area contributed by atoms with Gasteiger partial charge < -0.3 is 9.30 Å². The second kappa shape index (κ2) is 5.16. The van der Waals surface area contributed by atoms with Gasteiger partial charge in [0.25, 0.3) is 0 Å². The minimum absolute atomic E-state index is 0.759. The first-order valence-corrected chi connectivity index (χ1v) is 8.09. The molecule has 3 heterocycles. The minimum atomic E-state index is 0.759. The van der Waals surface area contributed by atoms with Crippen molar-refractivity contribution in [2.45, 2.75) is 25.6 Å². The molecule has 1 saturated heterocycles. The van der Waals surface area contributed by atoms with Gasteiger partial charge in [-0.1, -0.05) is 35.8 Å². The van der Waals surface area contributed by atoms with Crippen molar-refractivity contribution in [3.63, 3.8) is 0 Å². The molecule has 19 heavy (non-hydrogen) atoms. The van der Waals surface area contributed by atoms with Gasteiger partial charge in [-0.3, -0.25) is 0 Å². The third-order valence-electron chi connectivity index (χ3n) is 4.20. The van der Waals surface area contributed by atoms with Crippen molar-refractivity contribution in [1.29, 1.82) is 0 Å². The molecule has 3 nitrogen and oxygen atoms in total. The van der Waals surface area contributed by atoms with E-state index >= 15 is 0 Å². The molecule has 0 N–H and O–H groups in total. The summed E-state index contributed by atoms with van der Waals surface area (Å²) in [7, 11) is 0. The zero-order valence-corrected chi connectivity index (χ0v) is 13.1. The van der Waals surface area contributed by atoms with Crippen molar-refractivity contribution in [2.24, 2.45) is 11.8 Å². The van der Waals surface area contributed by atoms with Crippen molar-refractivity contribution in [2.75, 3.05) is 18.0 Å². The Balaban J connectivity index is 1.97. The summed E-state index contributed by atoms with van der Waals surface area (Å²) in [6, 6.07) is 6.18. The van der Waals surface area contributed by atoms with Crippen LogP contribution in [0.2, 0.25) is 0 Å². The smallest absolute Gasteiger partial charge is 0.152 e. The molecular formula is C15H20BrN3. The van der Waals surface area contributed by atoms with E-state index in [0.717, 1.165) is 41.7 Å². The molecule has 1 atom stereocenters. The summed E-state index contributed by atoms with van der Waals surface area (Å²) in [6.45, 7) is 6.92. The minimum Gasteiger partial charge on any atom is -0.355 e. The first kappa shape index (κ1) is 13.0. The first-order valence-electron chi connectivity index (χ1n) is 6.97. The van der Waals surface area contributed by atoms with Crippen LogP contribution in [-0.4, -0.2) is 22.5 Å². The lowest BCUT2D eigenvalue weighted by Crippen LogP contribution is -2.22. The van der Waals surface area contributed by atoms with Crippen molar-refractivity contribution >= 4 is 27.4 Å². The predicted molar refractivity (Wildman–Crippen MR) is 83.0 cm³/mol. The van der Waals surface area contributed by atoms with Gasteiger partial charge in [0.1, 0.15) is 5.65 Å². The summed E-state index contributed by atoms with van der Waals surface area (Å²) in [4.78, 5) is 7.27. The maximum atomic E-state index is 4.82. The number of alkyl halides is 1. The van der Waals surface area contributed by atoms with Crippen LogP contribution in [0.25, 0.3) is 5.65 Å². The second-order valence-corrected chi connectivity index (χ2v) is 6.24. The van der Waals surface area contributed by atoms with Crippen LogP contribution in [0.4, 0.5) is 5.82 Å². The quantitative estimate of drug-likeness (QED) is 0.803. The molecule has 3 rings (SSSR count). The highest BCUT2D eigenvalue weighted by Gasteiger charge is 2.28. The topological polar surface area (TPSA) is 20.5 Å². The van der Waals surface area contributed by atoms with Gasteiger partial charge in [-0.2, -0.15) is 0 Å². The van der Waals surface area contributed by atoms with Gasteiger partial charge in [0, 0.05) is 24.6 Å². The van der Waals surface area contributed by atoms with E-state index in [9.17, 15) is 0 Å². The molecule has 2 aromatic rings. The number of pyridine rings is 1. The Hall–Kier alpha value is -1.03. The number of rotatable bonds is 3. The summed E-state index contributed by atoms with van der Waals surface area (Å²) < 4.78 is 2.19. The maximum Gasteiger partial charge on any atom is 0.152 e. The highest BCUT2D eigenvalue weighted by Crippen LogP contribution is 2.31. The SMILES string of the molecule is CC(C)C1CCN(c2nc3ccccn3c2CBr)C1. The number of hydrogen-bond acceptors (Lipinski definition) is 2. The van der Waals surface area contributed by atoms with Gasteiger partial charge in [0.2, 0.25) is 0 Å². The Morgan fingerprint density at radius 3 is 2.95 bits per heavy atom. The standard InChI is InChI=1S/C15H20BrN3/c1-11(2)12-6-8-18(10-12)15-13(9-16)19-7-4-3-5-14(19)17-15/h3-5,7,11-12H,6,8-10H2,1-2H3. The van der Waals surface area contributed by atoms with E-state index in [0.29, 0.717) is 0 Å². The van der Waals surface area contributed by atoms with Crippen molar-refractivity contribution in [3.05, 3.63) is 30.1 Å². The van der Waals surface area contributed by atoms with Gasteiger partial charge in [-0.25, -0.2) is 4.98 Å². The van der Waals surface area contributed by atoms with Gasteiger partial charge in [0.05, 0.1) is 5.69 Å². The average molecular weight is 322 g/mol. The fourth-order valence-corrected chi connectivity index (χ4v) is 3.46. The van der Waals surface area contributed by atoms with Crippen molar-refractivity contribution < 1.29 is 0 Å². The number of imidazole rings is 1. The van der Waals surface area contributed by atoms with Crippen LogP contribution in [0, 0.1) is 11.8 Å². The zero-order valence-electron chi connectivity index (χ0n) is 11.5.